The van der Waals surface area contributed by atoms with Gasteiger partial charge in [0.25, 0.3) is 5.91 Å². The van der Waals surface area contributed by atoms with Crippen LogP contribution in [-0.4, -0.2) is 25.0 Å². The first-order valence-corrected chi connectivity index (χ1v) is 8.21. The van der Waals surface area contributed by atoms with Crippen molar-refractivity contribution in [1.29, 1.82) is 0 Å². The zero-order chi connectivity index (χ0) is 17.6. The fourth-order valence-electron chi connectivity index (χ4n) is 2.53. The monoisotopic (exact) mass is 339 g/mol. The molecule has 25 heavy (non-hydrogen) atoms. The van der Waals surface area contributed by atoms with Crippen LogP contribution in [0.1, 0.15) is 24.5 Å². The van der Waals surface area contributed by atoms with Crippen molar-refractivity contribution in [2.24, 2.45) is 5.10 Å². The second-order valence-corrected chi connectivity index (χ2v) is 5.82. The van der Waals surface area contributed by atoms with Gasteiger partial charge in [-0.1, -0.05) is 19.1 Å². The fraction of sp³-hybridized carbons (Fsp3) is 0.263. The van der Waals surface area contributed by atoms with Crippen LogP contribution in [0, 0.1) is 6.92 Å². The van der Waals surface area contributed by atoms with Gasteiger partial charge in [0.05, 0.1) is 6.21 Å². The second kappa shape index (κ2) is 7.70. The third kappa shape index (κ3) is 4.29. The molecule has 2 aromatic carbocycles. The number of rotatable bonds is 6. The topological polar surface area (TPSA) is 72.0 Å². The van der Waals surface area contributed by atoms with Crippen molar-refractivity contribution < 1.29 is 14.3 Å². The molecule has 0 aliphatic carbocycles. The molecule has 0 fully saturated rings. The van der Waals surface area contributed by atoms with Crippen molar-refractivity contribution in [3.63, 3.8) is 0 Å². The van der Waals surface area contributed by atoms with Gasteiger partial charge in [-0.15, -0.1) is 0 Å². The Labute approximate surface area is 146 Å². The van der Waals surface area contributed by atoms with Gasteiger partial charge in [0.15, 0.2) is 11.5 Å². The summed E-state index contributed by atoms with van der Waals surface area (Å²) in [7, 11) is 0. The molecule has 2 N–H and O–H groups in total. The molecular weight excluding hydrogens is 318 g/mol. The third-order valence-electron chi connectivity index (χ3n) is 3.87. The molecule has 0 aromatic heterocycles. The number of anilines is 1. The Morgan fingerprint density at radius 1 is 1.24 bits per heavy atom. The zero-order valence-electron chi connectivity index (χ0n) is 14.3. The predicted molar refractivity (Wildman–Crippen MR) is 97.2 cm³/mol. The highest BCUT2D eigenvalue weighted by atomic mass is 16.7. The minimum Gasteiger partial charge on any atom is -0.454 e. The average molecular weight is 339 g/mol. The van der Waals surface area contributed by atoms with E-state index < -0.39 is 0 Å². The molecule has 0 radical (unpaired) electrons. The molecule has 0 bridgehead atoms. The summed E-state index contributed by atoms with van der Waals surface area (Å²) in [5.41, 5.74) is 5.46. The number of amides is 1. The van der Waals surface area contributed by atoms with E-state index in [1.807, 2.05) is 56.3 Å². The molecule has 1 heterocycles. The smallest absolute Gasteiger partial charge is 0.262 e. The molecule has 1 amide bonds. The molecule has 6 nitrogen and oxygen atoms in total. The van der Waals surface area contributed by atoms with Crippen LogP contribution in [0.5, 0.6) is 11.5 Å². The van der Waals surface area contributed by atoms with Crippen LogP contribution in [0.4, 0.5) is 5.69 Å². The SMILES string of the molecule is CCC(Nc1cccc(C)c1)C(=O)N/N=C\c1ccc2c(c1)OCO2. The predicted octanol–water partition coefficient (Wildman–Crippen LogP) is 3.06. The maximum absolute atomic E-state index is 12.3. The van der Waals surface area contributed by atoms with E-state index in [9.17, 15) is 4.79 Å². The summed E-state index contributed by atoms with van der Waals surface area (Å²) in [6.45, 7) is 4.20. The first-order valence-electron chi connectivity index (χ1n) is 8.21. The summed E-state index contributed by atoms with van der Waals surface area (Å²) in [6, 6.07) is 13.1. The highest BCUT2D eigenvalue weighted by molar-refractivity contribution is 5.87. The van der Waals surface area contributed by atoms with Crippen LogP contribution in [0.3, 0.4) is 0 Å². The van der Waals surface area contributed by atoms with Crippen molar-refractivity contribution in [3.8, 4) is 11.5 Å². The van der Waals surface area contributed by atoms with Crippen LogP contribution >= 0.6 is 0 Å². The summed E-state index contributed by atoms with van der Waals surface area (Å²) in [5, 5.41) is 7.26. The Balaban J connectivity index is 1.58. The zero-order valence-corrected chi connectivity index (χ0v) is 14.3. The van der Waals surface area contributed by atoms with Crippen molar-refractivity contribution in [2.75, 3.05) is 12.1 Å². The number of fused-ring (bicyclic) bond motifs is 1. The lowest BCUT2D eigenvalue weighted by Gasteiger charge is -2.16. The third-order valence-corrected chi connectivity index (χ3v) is 3.87. The molecule has 0 saturated heterocycles. The summed E-state index contributed by atoms with van der Waals surface area (Å²) < 4.78 is 10.6. The van der Waals surface area contributed by atoms with E-state index in [1.165, 1.54) is 0 Å². The number of hydrogen-bond donors (Lipinski definition) is 2. The lowest BCUT2D eigenvalue weighted by atomic mass is 10.1. The van der Waals surface area contributed by atoms with Crippen LogP contribution < -0.4 is 20.2 Å². The molecule has 0 spiro atoms. The number of ether oxygens (including phenoxy) is 2. The molecule has 1 atom stereocenters. The molecular formula is C19H21N3O3. The van der Waals surface area contributed by atoms with Crippen LogP contribution in [-0.2, 0) is 4.79 Å². The van der Waals surface area contributed by atoms with Crippen molar-refractivity contribution >= 4 is 17.8 Å². The van der Waals surface area contributed by atoms with Crippen molar-refractivity contribution in [2.45, 2.75) is 26.3 Å². The van der Waals surface area contributed by atoms with Crippen molar-refractivity contribution in [3.05, 3.63) is 53.6 Å². The Morgan fingerprint density at radius 3 is 2.88 bits per heavy atom. The highest BCUT2D eigenvalue weighted by Gasteiger charge is 2.16. The van der Waals surface area contributed by atoms with E-state index in [0.29, 0.717) is 12.2 Å². The first kappa shape index (κ1) is 16.8. The summed E-state index contributed by atoms with van der Waals surface area (Å²) in [4.78, 5) is 12.3. The van der Waals surface area contributed by atoms with Gasteiger partial charge in [-0.05, 0) is 54.8 Å². The Hall–Kier alpha value is -3.02. The summed E-state index contributed by atoms with van der Waals surface area (Å²) in [6.07, 6.45) is 2.23. The largest absolute Gasteiger partial charge is 0.454 e. The Bertz CT molecular complexity index is 789. The Kier molecular flexibility index (Phi) is 5.18. The molecule has 0 saturated carbocycles. The maximum Gasteiger partial charge on any atom is 0.262 e. The van der Waals surface area contributed by atoms with Gasteiger partial charge >= 0.3 is 0 Å². The minimum absolute atomic E-state index is 0.180. The lowest BCUT2D eigenvalue weighted by Crippen LogP contribution is -2.36. The minimum atomic E-state index is -0.351. The van der Waals surface area contributed by atoms with Gasteiger partial charge in [0.1, 0.15) is 6.04 Å². The lowest BCUT2D eigenvalue weighted by molar-refractivity contribution is -0.121. The molecule has 1 aliphatic rings. The van der Waals surface area contributed by atoms with Crippen LogP contribution in [0.2, 0.25) is 0 Å². The van der Waals surface area contributed by atoms with E-state index in [-0.39, 0.29) is 18.7 Å². The summed E-state index contributed by atoms with van der Waals surface area (Å²) >= 11 is 0. The normalized spacial score (nSPS) is 13.7. The van der Waals surface area contributed by atoms with Gasteiger partial charge in [-0.2, -0.15) is 5.10 Å². The number of hydrogen-bond acceptors (Lipinski definition) is 5. The molecule has 1 unspecified atom stereocenters. The van der Waals surface area contributed by atoms with Crippen LogP contribution in [0.15, 0.2) is 47.6 Å². The molecule has 2 aromatic rings. The van der Waals surface area contributed by atoms with Crippen molar-refractivity contribution in [1.82, 2.24) is 5.43 Å². The number of nitrogens with one attached hydrogen (secondary N) is 2. The molecule has 6 heteroatoms. The first-order chi connectivity index (χ1) is 12.2. The number of benzene rings is 2. The number of hydrazone groups is 1. The van der Waals surface area contributed by atoms with E-state index in [4.69, 9.17) is 9.47 Å². The number of nitrogens with zero attached hydrogens (tertiary/aromatic N) is 1. The second-order valence-electron chi connectivity index (χ2n) is 5.82. The molecule has 130 valence electrons. The quantitative estimate of drug-likeness (QED) is 0.627. The summed E-state index contributed by atoms with van der Waals surface area (Å²) in [5.74, 6) is 1.22. The van der Waals surface area contributed by atoms with E-state index in [1.54, 1.807) is 6.21 Å². The van der Waals surface area contributed by atoms with Crippen LogP contribution in [0.25, 0.3) is 0 Å². The number of carbonyl (C=O) groups is 1. The van der Waals surface area contributed by atoms with Gasteiger partial charge < -0.3 is 14.8 Å². The number of aryl methyl sites for hydroxylation is 1. The maximum atomic E-state index is 12.3. The van der Waals surface area contributed by atoms with E-state index in [2.05, 4.69) is 15.8 Å². The fourth-order valence-corrected chi connectivity index (χ4v) is 2.53. The highest BCUT2D eigenvalue weighted by Crippen LogP contribution is 2.31. The molecule has 1 aliphatic heterocycles. The number of carbonyl (C=O) groups excluding carboxylic acids is 1. The molecule has 3 rings (SSSR count). The van der Waals surface area contributed by atoms with Gasteiger partial charge in [0.2, 0.25) is 6.79 Å². The standard InChI is InChI=1S/C19H21N3O3/c1-3-16(21-15-6-4-5-13(2)9-15)19(23)22-20-11-14-7-8-17-18(10-14)25-12-24-17/h4-11,16,21H,3,12H2,1-2H3,(H,22,23)/b20-11-. The Morgan fingerprint density at radius 2 is 2.08 bits per heavy atom. The van der Waals surface area contributed by atoms with E-state index >= 15 is 0 Å². The van der Waals surface area contributed by atoms with E-state index in [0.717, 1.165) is 22.6 Å². The van der Waals surface area contributed by atoms with Gasteiger partial charge in [0, 0.05) is 5.69 Å². The van der Waals surface area contributed by atoms with Gasteiger partial charge in [-0.25, -0.2) is 5.43 Å². The average Bonchev–Trinajstić information content (AvgIpc) is 3.07. The van der Waals surface area contributed by atoms with Gasteiger partial charge in [-0.3, -0.25) is 4.79 Å².